The van der Waals surface area contributed by atoms with Crippen LogP contribution in [0.15, 0.2) is 74.3 Å². The quantitative estimate of drug-likeness (QED) is 0.408. The van der Waals surface area contributed by atoms with E-state index in [4.69, 9.17) is 4.52 Å². The average molecular weight is 420 g/mol. The lowest BCUT2D eigenvalue weighted by molar-refractivity contribution is 0.0977. The van der Waals surface area contributed by atoms with Crippen molar-refractivity contribution in [1.82, 2.24) is 10.1 Å². The van der Waals surface area contributed by atoms with Crippen LogP contribution in [0.3, 0.4) is 0 Å². The van der Waals surface area contributed by atoms with Gasteiger partial charge in [0.15, 0.2) is 0 Å². The Morgan fingerprint density at radius 3 is 2.69 bits per heavy atom. The van der Waals surface area contributed by atoms with Crippen LogP contribution in [0.1, 0.15) is 24.2 Å². The zero-order chi connectivity index (χ0) is 20.0. The molecule has 1 aliphatic heterocycles. The van der Waals surface area contributed by atoms with E-state index in [1.807, 2.05) is 78.7 Å². The molecule has 1 amide bonds. The molecule has 5 rings (SSSR count). The van der Waals surface area contributed by atoms with Crippen LogP contribution in [-0.4, -0.2) is 22.1 Å². The predicted octanol–water partition coefficient (Wildman–Crippen LogP) is 5.98. The second-order valence-corrected chi connectivity index (χ2v) is 8.98. The van der Waals surface area contributed by atoms with Gasteiger partial charge in [-0.1, -0.05) is 35.1 Å². The van der Waals surface area contributed by atoms with Gasteiger partial charge in [0.25, 0.3) is 11.8 Å². The number of carbonyl (C=O) groups excluding carboxylic acids is 1. The maximum absolute atomic E-state index is 13.2. The van der Waals surface area contributed by atoms with Gasteiger partial charge in [-0.25, -0.2) is 0 Å². The zero-order valence-corrected chi connectivity index (χ0v) is 17.5. The van der Waals surface area contributed by atoms with Crippen LogP contribution in [0.2, 0.25) is 0 Å². The van der Waals surface area contributed by atoms with Crippen molar-refractivity contribution in [2.24, 2.45) is 0 Å². The van der Waals surface area contributed by atoms with Gasteiger partial charge in [0.1, 0.15) is 0 Å². The van der Waals surface area contributed by atoms with Crippen molar-refractivity contribution >= 4 is 34.7 Å². The second-order valence-electron chi connectivity index (χ2n) is 6.95. The Morgan fingerprint density at radius 1 is 1.03 bits per heavy atom. The fourth-order valence-corrected chi connectivity index (χ4v) is 5.13. The number of fused-ring (bicyclic) bond motifs is 2. The van der Waals surface area contributed by atoms with Crippen molar-refractivity contribution < 1.29 is 9.32 Å². The molecule has 0 atom stereocenters. The van der Waals surface area contributed by atoms with E-state index in [0.717, 1.165) is 31.5 Å². The van der Waals surface area contributed by atoms with E-state index in [9.17, 15) is 4.79 Å². The summed E-state index contributed by atoms with van der Waals surface area (Å²) in [7, 11) is 0. The fourth-order valence-electron chi connectivity index (χ4n) is 3.38. The molecule has 2 aromatic carbocycles. The van der Waals surface area contributed by atoms with Crippen LogP contribution < -0.4 is 4.90 Å². The van der Waals surface area contributed by atoms with Crippen LogP contribution in [0.5, 0.6) is 0 Å². The summed E-state index contributed by atoms with van der Waals surface area (Å²) >= 11 is 3.16. The van der Waals surface area contributed by atoms with E-state index in [1.54, 1.807) is 23.1 Å². The number of hydrogen-bond donors (Lipinski definition) is 0. The molecule has 0 aliphatic carbocycles. The molecule has 0 saturated carbocycles. The summed E-state index contributed by atoms with van der Waals surface area (Å²) in [6, 6.07) is 17.6. The summed E-state index contributed by atoms with van der Waals surface area (Å²) in [6.07, 6.45) is 0. The van der Waals surface area contributed by atoms with Gasteiger partial charge in [0, 0.05) is 21.4 Å². The van der Waals surface area contributed by atoms with Crippen LogP contribution >= 0.6 is 23.1 Å². The molecule has 0 radical (unpaired) electrons. The molecule has 7 heteroatoms. The molecule has 1 aliphatic rings. The van der Waals surface area contributed by atoms with Crippen molar-refractivity contribution in [3.8, 4) is 22.2 Å². The van der Waals surface area contributed by atoms with Crippen LogP contribution in [0.25, 0.3) is 22.2 Å². The third-order valence-corrected chi connectivity index (χ3v) is 6.69. The Kier molecular flexibility index (Phi) is 4.49. The number of rotatable bonds is 3. The molecule has 0 bridgehead atoms. The van der Waals surface area contributed by atoms with Gasteiger partial charge in [-0.05, 0) is 55.6 Å². The van der Waals surface area contributed by atoms with Gasteiger partial charge >= 0.3 is 0 Å². The van der Waals surface area contributed by atoms with Gasteiger partial charge in [-0.15, -0.1) is 11.3 Å². The highest BCUT2D eigenvalue weighted by Crippen LogP contribution is 2.43. The minimum absolute atomic E-state index is 0.0224. The second kappa shape index (κ2) is 7.17. The Bertz CT molecular complexity index is 1200. The lowest BCUT2D eigenvalue weighted by Gasteiger charge is -2.27. The molecule has 29 heavy (non-hydrogen) atoms. The molecule has 0 unspecified atom stereocenters. The summed E-state index contributed by atoms with van der Waals surface area (Å²) < 4.78 is 5.44. The lowest BCUT2D eigenvalue weighted by Crippen LogP contribution is -2.36. The normalized spacial score (nSPS) is 13.3. The minimum Gasteiger partial charge on any atom is -0.333 e. The average Bonchev–Trinajstić information content (AvgIpc) is 3.39. The third kappa shape index (κ3) is 3.16. The number of anilines is 1. The maximum Gasteiger partial charge on any atom is 0.268 e. The van der Waals surface area contributed by atoms with E-state index in [1.165, 1.54) is 0 Å². The topological polar surface area (TPSA) is 59.2 Å². The molecule has 2 aromatic heterocycles. The summed E-state index contributed by atoms with van der Waals surface area (Å²) in [4.78, 5) is 22.5. The van der Waals surface area contributed by atoms with E-state index in [2.05, 4.69) is 10.1 Å². The molecule has 0 fully saturated rings. The number of carbonyl (C=O) groups is 1. The maximum atomic E-state index is 13.2. The van der Waals surface area contributed by atoms with Crippen molar-refractivity contribution in [2.45, 2.75) is 29.7 Å². The number of hydrogen-bond acceptors (Lipinski definition) is 6. The van der Waals surface area contributed by atoms with E-state index in [0.29, 0.717) is 11.7 Å². The fraction of sp³-hybridized carbons (Fsp3) is 0.136. The van der Waals surface area contributed by atoms with Gasteiger partial charge in [0.2, 0.25) is 5.82 Å². The van der Waals surface area contributed by atoms with E-state index < -0.39 is 0 Å². The molecule has 0 N–H and O–H groups in total. The first-order valence-corrected chi connectivity index (χ1v) is 10.9. The first-order valence-electron chi connectivity index (χ1n) is 9.24. The minimum atomic E-state index is 0.0224. The van der Waals surface area contributed by atoms with Crippen molar-refractivity contribution in [2.75, 3.05) is 4.90 Å². The molecular weight excluding hydrogens is 402 g/mol. The lowest BCUT2D eigenvalue weighted by atomic mass is 10.1. The monoisotopic (exact) mass is 419 g/mol. The molecule has 4 aromatic rings. The third-order valence-electron chi connectivity index (χ3n) is 4.71. The van der Waals surface area contributed by atoms with Crippen molar-refractivity contribution in [3.63, 3.8) is 0 Å². The molecule has 144 valence electrons. The zero-order valence-electron chi connectivity index (χ0n) is 15.8. The smallest absolute Gasteiger partial charge is 0.268 e. The summed E-state index contributed by atoms with van der Waals surface area (Å²) in [5, 5.41) is 6.14. The highest BCUT2D eigenvalue weighted by atomic mass is 32.2. The first-order chi connectivity index (χ1) is 14.1. The highest BCUT2D eigenvalue weighted by Gasteiger charge is 2.29. The molecule has 3 heterocycles. The standard InChI is InChI=1S/C22H17N3O2S2/c1-13(2)25-16-10-9-14(20-23-21(27-24-20)18-8-5-11-28-18)12-19(16)29-17-7-4-3-6-15(17)22(25)26/h3-13H,1-2H3. The number of thiophene rings is 1. The van der Waals surface area contributed by atoms with Gasteiger partial charge < -0.3 is 9.42 Å². The SMILES string of the molecule is CC(C)N1C(=O)c2ccccc2Sc2cc(-c3noc(-c4cccs4)n3)ccc21. The van der Waals surface area contributed by atoms with Crippen LogP contribution in [0.4, 0.5) is 5.69 Å². The first kappa shape index (κ1) is 18.1. The number of aromatic nitrogens is 2. The Hall–Kier alpha value is -2.90. The summed E-state index contributed by atoms with van der Waals surface area (Å²) in [5.41, 5.74) is 2.48. The van der Waals surface area contributed by atoms with E-state index in [-0.39, 0.29) is 11.9 Å². The largest absolute Gasteiger partial charge is 0.333 e. The van der Waals surface area contributed by atoms with Crippen LogP contribution in [-0.2, 0) is 0 Å². The molecular formula is C22H17N3O2S2. The summed E-state index contributed by atoms with van der Waals surface area (Å²) in [5.74, 6) is 1.08. The Balaban J connectivity index is 1.61. The predicted molar refractivity (Wildman–Crippen MR) is 116 cm³/mol. The molecule has 0 spiro atoms. The van der Waals surface area contributed by atoms with Gasteiger partial charge in [-0.3, -0.25) is 4.79 Å². The van der Waals surface area contributed by atoms with Gasteiger partial charge in [0.05, 0.1) is 16.1 Å². The number of benzene rings is 2. The highest BCUT2D eigenvalue weighted by molar-refractivity contribution is 7.99. The van der Waals surface area contributed by atoms with Crippen LogP contribution in [0, 0.1) is 0 Å². The summed E-state index contributed by atoms with van der Waals surface area (Å²) in [6.45, 7) is 4.06. The van der Waals surface area contributed by atoms with Crippen molar-refractivity contribution in [3.05, 3.63) is 65.5 Å². The molecule has 5 nitrogen and oxygen atoms in total. The van der Waals surface area contributed by atoms with E-state index >= 15 is 0 Å². The van der Waals surface area contributed by atoms with Crippen molar-refractivity contribution in [1.29, 1.82) is 0 Å². The Morgan fingerprint density at radius 2 is 1.90 bits per heavy atom. The Labute approximate surface area is 176 Å². The number of nitrogens with zero attached hydrogens (tertiary/aromatic N) is 3. The number of amides is 1. The molecule has 0 saturated heterocycles. The van der Waals surface area contributed by atoms with Gasteiger partial charge in [-0.2, -0.15) is 4.98 Å².